The summed E-state index contributed by atoms with van der Waals surface area (Å²) in [5.41, 5.74) is 0. The Kier molecular flexibility index (Phi) is 11.4. The van der Waals surface area contributed by atoms with E-state index in [0.717, 1.165) is 25.6 Å². The summed E-state index contributed by atoms with van der Waals surface area (Å²) in [6, 6.07) is 1.80. The molecule has 0 bridgehead atoms. The fourth-order valence-electron chi connectivity index (χ4n) is 3.09. The number of guanidine groups is 1. The zero-order valence-corrected chi connectivity index (χ0v) is 17.6. The number of likely N-dealkylation sites (tertiary alicyclic amines) is 1. The molecular formula is C16H36IN5. The van der Waals surface area contributed by atoms with Crippen molar-refractivity contribution in [2.45, 2.75) is 58.7 Å². The standard InChI is InChI=1S/C16H35N5.HI/c1-13(2)21(14(3)4)11-9-18-16(17-5)19-12-15-8-7-10-20(15)6;/h13-15H,7-12H2,1-6H3,(H2,17,18,19);1H. The van der Waals surface area contributed by atoms with E-state index in [2.05, 4.69) is 60.2 Å². The number of likely N-dealkylation sites (N-methyl/N-ethyl adjacent to an activating group) is 1. The van der Waals surface area contributed by atoms with Crippen LogP contribution in [0.3, 0.4) is 0 Å². The van der Waals surface area contributed by atoms with Crippen LogP contribution in [-0.2, 0) is 0 Å². The SMILES string of the molecule is CN=C(NCCN(C(C)C)C(C)C)NCC1CCCN1C.I. The topological polar surface area (TPSA) is 42.9 Å². The molecule has 0 radical (unpaired) electrons. The van der Waals surface area contributed by atoms with Crippen LogP contribution in [-0.4, -0.2) is 74.2 Å². The summed E-state index contributed by atoms with van der Waals surface area (Å²) in [4.78, 5) is 9.24. The van der Waals surface area contributed by atoms with Gasteiger partial charge in [-0.05, 0) is 54.1 Å². The minimum atomic E-state index is 0. The monoisotopic (exact) mass is 425 g/mol. The molecular weight excluding hydrogens is 389 g/mol. The van der Waals surface area contributed by atoms with Crippen LogP contribution < -0.4 is 10.6 Å². The summed E-state index contributed by atoms with van der Waals surface area (Å²) >= 11 is 0. The first-order chi connectivity index (χ1) is 9.95. The molecule has 0 spiro atoms. The predicted molar refractivity (Wildman–Crippen MR) is 107 cm³/mol. The average Bonchev–Trinajstić information content (AvgIpc) is 2.82. The van der Waals surface area contributed by atoms with Crippen LogP contribution in [0, 0.1) is 0 Å². The van der Waals surface area contributed by atoms with Gasteiger partial charge in [0.15, 0.2) is 5.96 Å². The Morgan fingerprint density at radius 3 is 2.32 bits per heavy atom. The van der Waals surface area contributed by atoms with Crippen molar-refractivity contribution in [2.75, 3.05) is 40.3 Å². The van der Waals surface area contributed by atoms with Gasteiger partial charge in [-0.25, -0.2) is 0 Å². The number of hydrogen-bond donors (Lipinski definition) is 2. The Morgan fingerprint density at radius 1 is 1.23 bits per heavy atom. The van der Waals surface area contributed by atoms with Crippen LogP contribution >= 0.6 is 24.0 Å². The highest BCUT2D eigenvalue weighted by molar-refractivity contribution is 14.0. The lowest BCUT2D eigenvalue weighted by Crippen LogP contribution is -2.47. The summed E-state index contributed by atoms with van der Waals surface area (Å²) in [6.07, 6.45) is 2.60. The van der Waals surface area contributed by atoms with Crippen LogP contribution in [0.4, 0.5) is 0 Å². The molecule has 132 valence electrons. The molecule has 0 aliphatic carbocycles. The number of halogens is 1. The normalized spacial score (nSPS) is 19.9. The van der Waals surface area contributed by atoms with Crippen LogP contribution in [0.1, 0.15) is 40.5 Å². The molecule has 1 aliphatic rings. The summed E-state index contributed by atoms with van der Waals surface area (Å²) in [5, 5.41) is 6.88. The van der Waals surface area contributed by atoms with E-state index in [1.807, 2.05) is 7.05 Å². The lowest BCUT2D eigenvalue weighted by molar-refractivity contribution is 0.178. The molecule has 1 heterocycles. The Labute approximate surface area is 154 Å². The zero-order valence-electron chi connectivity index (χ0n) is 15.2. The largest absolute Gasteiger partial charge is 0.355 e. The van der Waals surface area contributed by atoms with E-state index < -0.39 is 0 Å². The van der Waals surface area contributed by atoms with E-state index in [-0.39, 0.29) is 24.0 Å². The van der Waals surface area contributed by atoms with Gasteiger partial charge >= 0.3 is 0 Å². The van der Waals surface area contributed by atoms with E-state index >= 15 is 0 Å². The van der Waals surface area contributed by atoms with Crippen molar-refractivity contribution < 1.29 is 0 Å². The molecule has 1 fully saturated rings. The highest BCUT2D eigenvalue weighted by Crippen LogP contribution is 2.13. The Balaban J connectivity index is 0.00000441. The molecule has 2 N–H and O–H groups in total. The first-order valence-corrected chi connectivity index (χ1v) is 8.36. The maximum atomic E-state index is 4.32. The fourth-order valence-corrected chi connectivity index (χ4v) is 3.09. The second-order valence-corrected chi connectivity index (χ2v) is 6.58. The predicted octanol–water partition coefficient (Wildman–Crippen LogP) is 1.98. The zero-order chi connectivity index (χ0) is 15.8. The average molecular weight is 425 g/mol. The molecule has 0 aromatic rings. The Morgan fingerprint density at radius 2 is 1.86 bits per heavy atom. The molecule has 22 heavy (non-hydrogen) atoms. The number of rotatable bonds is 7. The van der Waals surface area contributed by atoms with Gasteiger partial charge in [0.25, 0.3) is 0 Å². The fraction of sp³-hybridized carbons (Fsp3) is 0.938. The minimum absolute atomic E-state index is 0. The van der Waals surface area contributed by atoms with Gasteiger partial charge < -0.3 is 15.5 Å². The molecule has 5 nitrogen and oxygen atoms in total. The van der Waals surface area contributed by atoms with Crippen molar-refractivity contribution in [3.8, 4) is 0 Å². The molecule has 1 unspecified atom stereocenters. The third-order valence-corrected chi connectivity index (χ3v) is 4.39. The van der Waals surface area contributed by atoms with Gasteiger partial charge in [-0.15, -0.1) is 24.0 Å². The second kappa shape index (κ2) is 11.5. The van der Waals surface area contributed by atoms with Gasteiger partial charge in [-0.3, -0.25) is 9.89 Å². The van der Waals surface area contributed by atoms with Crippen LogP contribution in [0.15, 0.2) is 4.99 Å². The van der Waals surface area contributed by atoms with E-state index in [4.69, 9.17) is 0 Å². The lowest BCUT2D eigenvalue weighted by atomic mass is 10.2. The first-order valence-electron chi connectivity index (χ1n) is 8.36. The third kappa shape index (κ3) is 7.46. The van der Waals surface area contributed by atoms with E-state index in [9.17, 15) is 0 Å². The molecule has 0 aromatic carbocycles. The number of nitrogens with zero attached hydrogens (tertiary/aromatic N) is 3. The van der Waals surface area contributed by atoms with Crippen molar-refractivity contribution in [1.82, 2.24) is 20.4 Å². The van der Waals surface area contributed by atoms with Crippen LogP contribution in [0.5, 0.6) is 0 Å². The highest BCUT2D eigenvalue weighted by atomic mass is 127. The quantitative estimate of drug-likeness (QED) is 0.372. The van der Waals surface area contributed by atoms with Gasteiger partial charge in [-0.1, -0.05) is 0 Å². The van der Waals surface area contributed by atoms with Crippen LogP contribution in [0.25, 0.3) is 0 Å². The highest BCUT2D eigenvalue weighted by Gasteiger charge is 2.20. The van der Waals surface area contributed by atoms with Crippen molar-refractivity contribution in [1.29, 1.82) is 0 Å². The first kappa shape index (κ1) is 21.9. The summed E-state index contributed by atoms with van der Waals surface area (Å²) in [6.45, 7) is 13.2. The molecule has 0 amide bonds. The maximum Gasteiger partial charge on any atom is 0.191 e. The molecule has 6 heteroatoms. The van der Waals surface area contributed by atoms with E-state index in [0.29, 0.717) is 18.1 Å². The summed E-state index contributed by atoms with van der Waals surface area (Å²) in [7, 11) is 4.05. The third-order valence-electron chi connectivity index (χ3n) is 4.39. The van der Waals surface area contributed by atoms with Crippen molar-refractivity contribution in [3.63, 3.8) is 0 Å². The van der Waals surface area contributed by atoms with Gasteiger partial charge in [0.1, 0.15) is 0 Å². The summed E-state index contributed by atoms with van der Waals surface area (Å²) < 4.78 is 0. The molecule has 1 rings (SSSR count). The Hall–Kier alpha value is -0.0800. The number of aliphatic imine (C=N–C) groups is 1. The smallest absolute Gasteiger partial charge is 0.191 e. The van der Waals surface area contributed by atoms with Gasteiger partial charge in [0.05, 0.1) is 0 Å². The van der Waals surface area contributed by atoms with Gasteiger partial charge in [0, 0.05) is 44.8 Å². The van der Waals surface area contributed by atoms with Crippen molar-refractivity contribution in [3.05, 3.63) is 0 Å². The summed E-state index contributed by atoms with van der Waals surface area (Å²) in [5.74, 6) is 0.919. The van der Waals surface area contributed by atoms with E-state index in [1.54, 1.807) is 0 Å². The molecule has 1 saturated heterocycles. The lowest BCUT2D eigenvalue weighted by Gasteiger charge is -2.30. The van der Waals surface area contributed by atoms with E-state index in [1.165, 1.54) is 19.4 Å². The molecule has 0 saturated carbocycles. The number of nitrogens with one attached hydrogen (secondary N) is 2. The molecule has 0 aromatic heterocycles. The van der Waals surface area contributed by atoms with Gasteiger partial charge in [-0.2, -0.15) is 0 Å². The maximum absolute atomic E-state index is 4.32. The van der Waals surface area contributed by atoms with Crippen molar-refractivity contribution in [2.24, 2.45) is 4.99 Å². The van der Waals surface area contributed by atoms with Gasteiger partial charge in [0.2, 0.25) is 0 Å². The van der Waals surface area contributed by atoms with Crippen LogP contribution in [0.2, 0.25) is 0 Å². The molecule has 1 atom stereocenters. The number of hydrogen-bond acceptors (Lipinski definition) is 3. The minimum Gasteiger partial charge on any atom is -0.355 e. The van der Waals surface area contributed by atoms with Crippen molar-refractivity contribution >= 4 is 29.9 Å². The molecule has 1 aliphatic heterocycles. The Bertz CT molecular complexity index is 312. The second-order valence-electron chi connectivity index (χ2n) is 6.58.